The van der Waals surface area contributed by atoms with Gasteiger partial charge in [0.25, 0.3) is 0 Å². The van der Waals surface area contributed by atoms with E-state index < -0.39 is 17.6 Å². The van der Waals surface area contributed by atoms with Gasteiger partial charge in [-0.3, -0.25) is 9.69 Å². The number of rotatable bonds is 9. The number of halogens is 6. The van der Waals surface area contributed by atoms with Crippen molar-refractivity contribution in [3.05, 3.63) is 69.0 Å². The summed E-state index contributed by atoms with van der Waals surface area (Å²) in [6, 6.07) is 8.30. The van der Waals surface area contributed by atoms with Crippen molar-refractivity contribution in [2.24, 2.45) is 0 Å². The summed E-state index contributed by atoms with van der Waals surface area (Å²) in [6.45, 7) is 4.50. The van der Waals surface area contributed by atoms with E-state index in [0.29, 0.717) is 35.1 Å². The van der Waals surface area contributed by atoms with Crippen LogP contribution in [0.3, 0.4) is 0 Å². The molecule has 4 rings (SSSR count). The lowest BCUT2D eigenvalue weighted by Gasteiger charge is -2.29. The van der Waals surface area contributed by atoms with Crippen LogP contribution in [0.5, 0.6) is 0 Å². The Bertz CT molecular complexity index is 1120. The molecule has 0 N–H and O–H groups in total. The zero-order valence-corrected chi connectivity index (χ0v) is 22.9. The van der Waals surface area contributed by atoms with Gasteiger partial charge in [0.2, 0.25) is 5.91 Å². The van der Waals surface area contributed by atoms with Crippen molar-refractivity contribution in [2.75, 3.05) is 39.8 Å². The highest BCUT2D eigenvalue weighted by molar-refractivity contribution is 6.42. The summed E-state index contributed by atoms with van der Waals surface area (Å²) >= 11 is 12.4. The summed E-state index contributed by atoms with van der Waals surface area (Å²) in [7, 11) is 1.84. The van der Waals surface area contributed by atoms with E-state index in [1.54, 1.807) is 12.1 Å². The lowest BCUT2D eigenvalue weighted by atomic mass is 9.93. The van der Waals surface area contributed by atoms with E-state index in [9.17, 15) is 22.4 Å². The van der Waals surface area contributed by atoms with E-state index in [1.807, 2.05) is 22.9 Å². The van der Waals surface area contributed by atoms with Gasteiger partial charge in [0.1, 0.15) is 5.82 Å². The smallest absolute Gasteiger partial charge is 0.340 e. The highest BCUT2D eigenvalue weighted by Crippen LogP contribution is 2.36. The summed E-state index contributed by atoms with van der Waals surface area (Å²) in [5, 5.41) is 0.853. The maximum atomic E-state index is 14.2. The molecule has 2 atom stereocenters. The van der Waals surface area contributed by atoms with Gasteiger partial charge in [0, 0.05) is 38.0 Å². The molecule has 0 bridgehead atoms. The maximum absolute atomic E-state index is 14.2. The van der Waals surface area contributed by atoms with Crippen LogP contribution in [0.1, 0.15) is 54.7 Å². The highest BCUT2D eigenvalue weighted by atomic mass is 35.5. The maximum Gasteiger partial charge on any atom is 0.419 e. The van der Waals surface area contributed by atoms with Crippen LogP contribution in [0.25, 0.3) is 0 Å². The third-order valence-electron chi connectivity index (χ3n) is 7.66. The minimum atomic E-state index is -4.74. The zero-order valence-electron chi connectivity index (χ0n) is 21.4. The standard InChI is InChI=1S/C28H33Cl2F4N3O/c1-35(16-19-7-9-22(25(31)14-19)28(32,33)34)26-18-37(17-21(26)20-8-10-23(29)24(30)15-20)27(38)6-2-3-11-36-12-4-5-13-36/h7-10,14-15,21,26H,2-6,11-13,16-18H2,1H3/t21-,26+/m1/s1. The molecule has 208 valence electrons. The molecule has 38 heavy (non-hydrogen) atoms. The van der Waals surface area contributed by atoms with Crippen molar-refractivity contribution in [1.29, 1.82) is 0 Å². The Morgan fingerprint density at radius 3 is 2.42 bits per heavy atom. The fourth-order valence-electron chi connectivity index (χ4n) is 5.58. The van der Waals surface area contributed by atoms with Crippen LogP contribution in [-0.2, 0) is 17.5 Å². The minimum Gasteiger partial charge on any atom is -0.340 e. The number of likely N-dealkylation sites (tertiary alicyclic amines) is 2. The summed E-state index contributed by atoms with van der Waals surface area (Å²) in [4.78, 5) is 19.4. The van der Waals surface area contributed by atoms with Crippen LogP contribution < -0.4 is 0 Å². The van der Waals surface area contributed by atoms with Gasteiger partial charge < -0.3 is 9.80 Å². The zero-order chi connectivity index (χ0) is 27.4. The topological polar surface area (TPSA) is 26.8 Å². The number of amides is 1. The Kier molecular flexibility index (Phi) is 9.61. The molecule has 4 nitrogen and oxygen atoms in total. The minimum absolute atomic E-state index is 0.0809. The summed E-state index contributed by atoms with van der Waals surface area (Å²) in [5.74, 6) is -1.28. The molecule has 2 aliphatic rings. The van der Waals surface area contributed by atoms with Gasteiger partial charge in [-0.2, -0.15) is 13.2 Å². The van der Waals surface area contributed by atoms with Crippen molar-refractivity contribution < 1.29 is 22.4 Å². The Labute approximate surface area is 231 Å². The number of carbonyl (C=O) groups is 1. The van der Waals surface area contributed by atoms with Crippen LogP contribution in [0.2, 0.25) is 10.0 Å². The predicted molar refractivity (Wildman–Crippen MR) is 142 cm³/mol. The molecular weight excluding hydrogens is 541 g/mol. The third kappa shape index (κ3) is 7.20. The second kappa shape index (κ2) is 12.5. The molecule has 0 saturated carbocycles. The molecule has 0 aliphatic carbocycles. The first kappa shape index (κ1) is 29.1. The lowest BCUT2D eigenvalue weighted by Crippen LogP contribution is -2.38. The molecule has 2 heterocycles. The average molecular weight is 574 g/mol. The third-order valence-corrected chi connectivity index (χ3v) is 8.40. The van der Waals surface area contributed by atoms with Crippen molar-refractivity contribution in [3.8, 4) is 0 Å². The van der Waals surface area contributed by atoms with E-state index >= 15 is 0 Å². The van der Waals surface area contributed by atoms with Crippen molar-refractivity contribution in [2.45, 2.75) is 56.8 Å². The Balaban J connectivity index is 1.45. The van der Waals surface area contributed by atoms with Crippen molar-refractivity contribution in [3.63, 3.8) is 0 Å². The monoisotopic (exact) mass is 573 g/mol. The van der Waals surface area contributed by atoms with Crippen LogP contribution in [0, 0.1) is 5.82 Å². The Morgan fingerprint density at radius 1 is 1.03 bits per heavy atom. The molecule has 0 spiro atoms. The van der Waals surface area contributed by atoms with Gasteiger partial charge in [-0.15, -0.1) is 0 Å². The SMILES string of the molecule is CN(Cc1ccc(C(F)(F)F)c(F)c1)[C@H]1CN(C(=O)CCCCN2CCCC2)C[C@@H]1c1ccc(Cl)c(Cl)c1. The van der Waals surface area contributed by atoms with Gasteiger partial charge in [0.15, 0.2) is 0 Å². The second-order valence-corrected chi connectivity index (χ2v) is 11.2. The van der Waals surface area contributed by atoms with Crippen LogP contribution in [0.15, 0.2) is 36.4 Å². The normalized spacial score (nSPS) is 20.6. The van der Waals surface area contributed by atoms with E-state index in [-0.39, 0.29) is 24.4 Å². The molecule has 2 fully saturated rings. The fourth-order valence-corrected chi connectivity index (χ4v) is 5.88. The first-order valence-corrected chi connectivity index (χ1v) is 13.8. The fraction of sp³-hybridized carbons (Fsp3) is 0.536. The number of likely N-dealkylation sites (N-methyl/N-ethyl adjacent to an activating group) is 1. The average Bonchev–Trinajstić information content (AvgIpc) is 3.53. The van der Waals surface area contributed by atoms with Gasteiger partial charge >= 0.3 is 6.18 Å². The molecule has 0 radical (unpaired) electrons. The molecule has 2 aliphatic heterocycles. The molecule has 0 unspecified atom stereocenters. The van der Waals surface area contributed by atoms with Gasteiger partial charge in [-0.1, -0.05) is 35.3 Å². The molecule has 2 saturated heterocycles. The quantitative estimate of drug-likeness (QED) is 0.242. The summed E-state index contributed by atoms with van der Waals surface area (Å²) in [5.41, 5.74) is 0.0803. The van der Waals surface area contributed by atoms with Crippen molar-refractivity contribution in [1.82, 2.24) is 14.7 Å². The van der Waals surface area contributed by atoms with E-state index in [0.717, 1.165) is 50.2 Å². The largest absolute Gasteiger partial charge is 0.419 e. The number of benzene rings is 2. The lowest BCUT2D eigenvalue weighted by molar-refractivity contribution is -0.140. The number of nitrogens with zero attached hydrogens (tertiary/aromatic N) is 3. The van der Waals surface area contributed by atoms with Crippen LogP contribution in [-0.4, -0.2) is 66.4 Å². The van der Waals surface area contributed by atoms with Gasteiger partial charge in [-0.25, -0.2) is 4.39 Å². The molecule has 10 heteroatoms. The number of hydrogen-bond donors (Lipinski definition) is 0. The van der Waals surface area contributed by atoms with Gasteiger partial charge in [-0.05, 0) is 87.8 Å². The second-order valence-electron chi connectivity index (χ2n) is 10.4. The number of unbranched alkanes of at least 4 members (excludes halogenated alkanes) is 1. The molecule has 2 aromatic rings. The summed E-state index contributed by atoms with van der Waals surface area (Å²) < 4.78 is 53.1. The summed E-state index contributed by atoms with van der Waals surface area (Å²) in [6.07, 6.45) is 0.0393. The molecule has 1 amide bonds. The van der Waals surface area contributed by atoms with E-state index in [2.05, 4.69) is 4.90 Å². The highest BCUT2D eigenvalue weighted by Gasteiger charge is 2.39. The number of hydrogen-bond acceptors (Lipinski definition) is 3. The molecule has 0 aromatic heterocycles. The number of alkyl halides is 3. The predicted octanol–water partition coefficient (Wildman–Crippen LogP) is 6.84. The molecule has 2 aromatic carbocycles. The van der Waals surface area contributed by atoms with Crippen molar-refractivity contribution >= 4 is 29.1 Å². The van der Waals surface area contributed by atoms with E-state index in [1.165, 1.54) is 18.9 Å². The Morgan fingerprint density at radius 2 is 1.76 bits per heavy atom. The van der Waals surface area contributed by atoms with Crippen LogP contribution in [0.4, 0.5) is 17.6 Å². The van der Waals surface area contributed by atoms with Crippen LogP contribution >= 0.6 is 23.2 Å². The first-order chi connectivity index (χ1) is 18.0. The molecular formula is C28H33Cl2F4N3O. The van der Waals surface area contributed by atoms with E-state index in [4.69, 9.17) is 23.2 Å². The van der Waals surface area contributed by atoms with Gasteiger partial charge in [0.05, 0.1) is 15.6 Å². The number of carbonyl (C=O) groups excluding carboxylic acids is 1. The first-order valence-electron chi connectivity index (χ1n) is 13.0. The Hall–Kier alpha value is -1.87.